The number of anilines is 1. The minimum atomic E-state index is -1.02. The van der Waals surface area contributed by atoms with Gasteiger partial charge in [-0.2, -0.15) is 0 Å². The highest BCUT2D eigenvalue weighted by Crippen LogP contribution is 2.36. The average molecular weight is 522 g/mol. The van der Waals surface area contributed by atoms with Gasteiger partial charge in [0.05, 0.1) is 25.1 Å². The van der Waals surface area contributed by atoms with Gasteiger partial charge in [0.2, 0.25) is 11.8 Å². The van der Waals surface area contributed by atoms with Crippen LogP contribution in [-0.4, -0.2) is 41.1 Å². The number of benzene rings is 2. The second kappa shape index (κ2) is 11.3. The van der Waals surface area contributed by atoms with Crippen molar-refractivity contribution < 1.29 is 19.4 Å². The lowest BCUT2D eigenvalue weighted by molar-refractivity contribution is -0.140. The number of ether oxygens (including phenoxy) is 1. The van der Waals surface area contributed by atoms with Crippen LogP contribution in [0.15, 0.2) is 72.2 Å². The monoisotopic (exact) mass is 521 g/mol. The van der Waals surface area contributed by atoms with E-state index in [9.17, 15) is 14.7 Å². The largest absolute Gasteiger partial charge is 0.481 e. The van der Waals surface area contributed by atoms with E-state index < -0.39 is 11.9 Å². The van der Waals surface area contributed by atoms with E-state index in [4.69, 9.17) is 21.3 Å². The Kier molecular flexibility index (Phi) is 7.97. The second-order valence-electron chi connectivity index (χ2n) is 8.18. The lowest BCUT2D eigenvalue weighted by atomic mass is 9.95. The highest BCUT2D eigenvalue weighted by molar-refractivity contribution is 7.14. The van der Waals surface area contributed by atoms with Crippen LogP contribution in [-0.2, 0) is 16.0 Å². The first-order valence-corrected chi connectivity index (χ1v) is 12.4. The van der Waals surface area contributed by atoms with E-state index in [1.54, 1.807) is 32.5 Å². The predicted molar refractivity (Wildman–Crippen MR) is 142 cm³/mol. The fraction of sp³-hybridized carbons (Fsp3) is 0.185. The number of halogens is 1. The van der Waals surface area contributed by atoms with Gasteiger partial charge < -0.3 is 9.84 Å². The highest BCUT2D eigenvalue weighted by atomic mass is 35.5. The molecule has 7 nitrogen and oxygen atoms in total. The Morgan fingerprint density at radius 2 is 1.89 bits per heavy atom. The number of thiazole rings is 1. The number of carboxylic acid groups (broad SMARTS) is 1. The fourth-order valence-electron chi connectivity index (χ4n) is 3.91. The van der Waals surface area contributed by atoms with Crippen LogP contribution in [0.2, 0.25) is 5.02 Å². The first-order valence-electron chi connectivity index (χ1n) is 11.1. The number of aromatic nitrogens is 2. The number of hydrogen-bond donors (Lipinski definition) is 1. The highest BCUT2D eigenvalue weighted by Gasteiger charge is 2.27. The lowest BCUT2D eigenvalue weighted by Crippen LogP contribution is -2.35. The summed E-state index contributed by atoms with van der Waals surface area (Å²) < 4.78 is 5.15. The van der Waals surface area contributed by atoms with Gasteiger partial charge in [-0.3, -0.25) is 14.5 Å². The molecule has 0 aliphatic rings. The van der Waals surface area contributed by atoms with Crippen LogP contribution in [0.1, 0.15) is 12.0 Å². The summed E-state index contributed by atoms with van der Waals surface area (Å²) in [5.74, 6) is -1.52. The first kappa shape index (κ1) is 25.3. The molecule has 0 radical (unpaired) electrons. The van der Waals surface area contributed by atoms with Crippen molar-refractivity contribution in [3.8, 4) is 28.3 Å². The van der Waals surface area contributed by atoms with Gasteiger partial charge in [-0.25, -0.2) is 9.97 Å². The Morgan fingerprint density at radius 1 is 1.11 bits per heavy atom. The van der Waals surface area contributed by atoms with Crippen molar-refractivity contribution in [2.75, 3.05) is 19.1 Å². The molecule has 36 heavy (non-hydrogen) atoms. The number of carbonyl (C=O) groups excluding carboxylic acids is 1. The zero-order valence-corrected chi connectivity index (χ0v) is 21.3. The summed E-state index contributed by atoms with van der Waals surface area (Å²) in [5, 5.41) is 12.3. The normalized spacial score (nSPS) is 11.6. The smallest absolute Gasteiger partial charge is 0.304 e. The Labute approximate surface area is 218 Å². The van der Waals surface area contributed by atoms with Gasteiger partial charge in [-0.05, 0) is 35.7 Å². The van der Waals surface area contributed by atoms with Crippen LogP contribution < -0.4 is 9.64 Å². The SMILES string of the molecule is COc1ccc(-c2ccc(Cl)cc2-c2csc(N(C)C(=O)C(CC(=O)O)Cc3ccccc3)n2)cn1. The molecule has 0 bridgehead atoms. The van der Waals surface area contributed by atoms with Gasteiger partial charge in [0.1, 0.15) is 0 Å². The van der Waals surface area contributed by atoms with Gasteiger partial charge in [-0.1, -0.05) is 48.0 Å². The number of hydrogen-bond acceptors (Lipinski definition) is 6. The summed E-state index contributed by atoms with van der Waals surface area (Å²) in [6, 6.07) is 18.6. The molecule has 0 aliphatic heterocycles. The number of carboxylic acids is 1. The third kappa shape index (κ3) is 5.90. The first-order chi connectivity index (χ1) is 17.4. The van der Waals surface area contributed by atoms with Gasteiger partial charge >= 0.3 is 5.97 Å². The van der Waals surface area contributed by atoms with E-state index in [1.807, 2.05) is 53.9 Å². The van der Waals surface area contributed by atoms with Gasteiger partial charge in [0, 0.05) is 40.8 Å². The molecule has 1 amide bonds. The minimum Gasteiger partial charge on any atom is -0.481 e. The topological polar surface area (TPSA) is 92.6 Å². The molecule has 2 heterocycles. The maximum atomic E-state index is 13.3. The molecule has 2 aromatic heterocycles. The standard InChI is InChI=1S/C27H24ClN3O4S/c1-31(26(34)19(13-25(32)33)12-17-6-4-3-5-7-17)27-30-23(16-36-27)22-14-20(28)9-10-21(22)18-8-11-24(35-2)29-15-18/h3-11,14-16,19H,12-13H2,1-2H3,(H,32,33). The third-order valence-corrected chi connectivity index (χ3v) is 6.87. The quantitative estimate of drug-likeness (QED) is 0.298. The molecule has 2 aromatic carbocycles. The van der Waals surface area contributed by atoms with E-state index in [2.05, 4.69) is 4.98 Å². The molecule has 0 spiro atoms. The van der Waals surface area contributed by atoms with Crippen LogP contribution in [0.25, 0.3) is 22.4 Å². The summed E-state index contributed by atoms with van der Waals surface area (Å²) in [6.07, 6.45) is 1.78. The fourth-order valence-corrected chi connectivity index (χ4v) is 4.87. The molecule has 9 heteroatoms. The summed E-state index contributed by atoms with van der Waals surface area (Å²) in [6.45, 7) is 0. The Morgan fingerprint density at radius 3 is 2.56 bits per heavy atom. The molecule has 0 aliphatic carbocycles. The molecule has 0 fully saturated rings. The van der Waals surface area contributed by atoms with Crippen molar-refractivity contribution in [3.05, 3.63) is 82.8 Å². The van der Waals surface area contributed by atoms with E-state index in [0.29, 0.717) is 28.1 Å². The van der Waals surface area contributed by atoms with Gasteiger partial charge in [0.25, 0.3) is 0 Å². The predicted octanol–water partition coefficient (Wildman–Crippen LogP) is 5.83. The summed E-state index contributed by atoms with van der Waals surface area (Å²) >= 11 is 7.62. The van der Waals surface area contributed by atoms with Crippen molar-refractivity contribution in [2.45, 2.75) is 12.8 Å². The van der Waals surface area contributed by atoms with Crippen molar-refractivity contribution in [2.24, 2.45) is 5.92 Å². The number of amides is 1. The lowest BCUT2D eigenvalue weighted by Gasteiger charge is -2.21. The summed E-state index contributed by atoms with van der Waals surface area (Å²) in [5.41, 5.74) is 4.10. The molecule has 0 saturated heterocycles. The molecule has 4 rings (SSSR count). The minimum absolute atomic E-state index is 0.265. The molecule has 4 aromatic rings. The average Bonchev–Trinajstić information content (AvgIpc) is 3.38. The van der Waals surface area contributed by atoms with Crippen LogP contribution in [0.4, 0.5) is 5.13 Å². The van der Waals surface area contributed by atoms with Crippen molar-refractivity contribution in [1.82, 2.24) is 9.97 Å². The molecule has 1 N–H and O–H groups in total. The van der Waals surface area contributed by atoms with Crippen molar-refractivity contribution >= 4 is 39.9 Å². The van der Waals surface area contributed by atoms with Crippen molar-refractivity contribution in [3.63, 3.8) is 0 Å². The van der Waals surface area contributed by atoms with E-state index in [0.717, 1.165) is 22.3 Å². The van der Waals surface area contributed by atoms with Crippen molar-refractivity contribution in [1.29, 1.82) is 0 Å². The Bertz CT molecular complexity index is 1360. The molecule has 184 valence electrons. The number of carbonyl (C=O) groups is 2. The third-order valence-electron chi connectivity index (χ3n) is 5.72. The van der Waals surface area contributed by atoms with E-state index >= 15 is 0 Å². The number of aliphatic carboxylic acids is 1. The van der Waals surface area contributed by atoms with Crippen LogP contribution in [0, 0.1) is 5.92 Å². The van der Waals surface area contributed by atoms with Crippen LogP contribution >= 0.6 is 22.9 Å². The summed E-state index contributed by atoms with van der Waals surface area (Å²) in [7, 11) is 3.18. The van der Waals surface area contributed by atoms with Crippen LogP contribution in [0.5, 0.6) is 5.88 Å². The maximum absolute atomic E-state index is 13.3. The number of rotatable bonds is 9. The van der Waals surface area contributed by atoms with E-state index in [1.165, 1.54) is 16.2 Å². The molecular weight excluding hydrogens is 498 g/mol. The number of nitrogens with zero attached hydrogens (tertiary/aromatic N) is 3. The maximum Gasteiger partial charge on any atom is 0.304 e. The zero-order chi connectivity index (χ0) is 25.7. The molecular formula is C27H24ClN3O4S. The number of methoxy groups -OCH3 is 1. The molecule has 1 unspecified atom stereocenters. The summed E-state index contributed by atoms with van der Waals surface area (Å²) in [4.78, 5) is 35.2. The number of pyridine rings is 1. The Balaban J connectivity index is 1.62. The van der Waals surface area contributed by atoms with E-state index in [-0.39, 0.29) is 12.3 Å². The van der Waals surface area contributed by atoms with Gasteiger partial charge in [0.15, 0.2) is 5.13 Å². The van der Waals surface area contributed by atoms with Gasteiger partial charge in [-0.15, -0.1) is 11.3 Å². The Hall–Kier alpha value is -3.75. The molecule has 1 atom stereocenters. The zero-order valence-electron chi connectivity index (χ0n) is 19.7. The van der Waals surface area contributed by atoms with Crippen LogP contribution in [0.3, 0.4) is 0 Å². The second-order valence-corrected chi connectivity index (χ2v) is 9.45. The molecule has 0 saturated carbocycles.